The third-order valence-electron chi connectivity index (χ3n) is 3.11. The Labute approximate surface area is 142 Å². The van der Waals surface area contributed by atoms with Crippen molar-refractivity contribution in [1.29, 1.82) is 0 Å². The van der Waals surface area contributed by atoms with Crippen LogP contribution in [0.15, 0.2) is 35.2 Å². The minimum atomic E-state index is -4.39. The maximum atomic E-state index is 11.1. The molecule has 3 rings (SSSR count). The Morgan fingerprint density at radius 1 is 1.00 bits per heavy atom. The van der Waals surface area contributed by atoms with Crippen LogP contribution in [0.5, 0.6) is 0 Å². The zero-order chi connectivity index (χ0) is 11.3. The van der Waals surface area contributed by atoms with Gasteiger partial charge >= 0.3 is 51.4 Å². The molecule has 0 amide bonds. The zero-order valence-electron chi connectivity index (χ0n) is 9.43. The molecule has 5 heteroatoms. The van der Waals surface area contributed by atoms with Gasteiger partial charge < -0.3 is 4.55 Å². The van der Waals surface area contributed by atoms with E-state index in [9.17, 15) is 13.0 Å². The van der Waals surface area contributed by atoms with Crippen molar-refractivity contribution < 1.29 is 64.4 Å². The predicted octanol–water partition coefficient (Wildman–Crippen LogP) is -1.15. The molecule has 0 aliphatic heterocycles. The van der Waals surface area contributed by atoms with E-state index < -0.39 is 10.1 Å². The van der Waals surface area contributed by atoms with Crippen molar-refractivity contribution in [2.24, 2.45) is 0 Å². The van der Waals surface area contributed by atoms with Gasteiger partial charge in [0.2, 0.25) is 0 Å². The molecule has 0 spiro atoms. The molecule has 2 aromatic rings. The summed E-state index contributed by atoms with van der Waals surface area (Å²) in [5.74, 6) is 0. The van der Waals surface area contributed by atoms with Crippen LogP contribution in [0.2, 0.25) is 0 Å². The third kappa shape index (κ3) is 2.25. The van der Waals surface area contributed by atoms with Gasteiger partial charge in [-0.25, -0.2) is 8.42 Å². The van der Waals surface area contributed by atoms with E-state index in [-0.39, 0.29) is 56.3 Å². The summed E-state index contributed by atoms with van der Waals surface area (Å²) in [4.78, 5) is -0.102. The second-order valence-corrected chi connectivity index (χ2v) is 5.36. The van der Waals surface area contributed by atoms with Crippen molar-refractivity contribution >= 4 is 20.9 Å². The molecule has 0 saturated heterocycles. The average Bonchev–Trinajstić information content (AvgIpc) is 2.63. The number of hydrogen-bond donors (Lipinski definition) is 0. The van der Waals surface area contributed by atoms with Gasteiger partial charge in [-0.05, 0) is 40.8 Å². The van der Waals surface area contributed by atoms with Crippen LogP contribution in [-0.4, -0.2) is 13.0 Å². The molecule has 0 radical (unpaired) electrons. The summed E-state index contributed by atoms with van der Waals surface area (Å²) in [7, 11) is -4.39. The van der Waals surface area contributed by atoms with Crippen LogP contribution >= 0.6 is 0 Å². The summed E-state index contributed by atoms with van der Waals surface area (Å²) in [6.45, 7) is 0. The number of rotatable bonds is 1. The fourth-order valence-corrected chi connectivity index (χ4v) is 3.11. The van der Waals surface area contributed by atoms with Gasteiger partial charge in [-0.1, -0.05) is 24.3 Å². The van der Waals surface area contributed by atoms with Crippen LogP contribution in [0.25, 0.3) is 10.8 Å². The topological polar surface area (TPSA) is 57.2 Å². The monoisotopic (exact) mass is 272 g/mol. The molecule has 0 aromatic heterocycles. The van der Waals surface area contributed by atoms with Gasteiger partial charge in [-0.15, -0.1) is 0 Å². The minimum absolute atomic E-state index is 0. The van der Waals surface area contributed by atoms with Gasteiger partial charge in [-0.3, -0.25) is 0 Å². The second kappa shape index (κ2) is 4.73. The summed E-state index contributed by atoms with van der Waals surface area (Å²) < 4.78 is 33.4. The summed E-state index contributed by atoms with van der Waals surface area (Å²) in [5, 5.41) is 1.53. The van der Waals surface area contributed by atoms with Crippen LogP contribution in [-0.2, 0) is 23.0 Å². The normalized spacial score (nSPS) is 13.7. The Kier molecular flexibility index (Phi) is 3.81. The minimum Gasteiger partial charge on any atom is -0.744 e. The smallest absolute Gasteiger partial charge is 0.744 e. The van der Waals surface area contributed by atoms with E-state index in [0.29, 0.717) is 5.39 Å². The van der Waals surface area contributed by atoms with Gasteiger partial charge in [0.1, 0.15) is 10.1 Å². The molecule has 2 aromatic carbocycles. The molecule has 1 aliphatic rings. The molecular weight excluding hydrogens is 263 g/mol. The summed E-state index contributed by atoms with van der Waals surface area (Å²) in [5.41, 5.74) is 2.27. The Morgan fingerprint density at radius 3 is 2.29 bits per heavy atom. The largest absolute Gasteiger partial charge is 1.00 e. The van der Waals surface area contributed by atoms with Gasteiger partial charge in [-0.2, -0.15) is 0 Å². The van der Waals surface area contributed by atoms with Crippen molar-refractivity contribution in [3.05, 3.63) is 41.5 Å². The number of hydrogen-bond acceptors (Lipinski definition) is 3. The Morgan fingerprint density at radius 2 is 1.65 bits per heavy atom. The first-order valence-electron chi connectivity index (χ1n) is 5.07. The molecule has 1 aliphatic carbocycles. The Balaban J connectivity index is 0.00000108. The van der Waals surface area contributed by atoms with Crippen molar-refractivity contribution in [3.63, 3.8) is 0 Å². The van der Waals surface area contributed by atoms with Crippen molar-refractivity contribution in [2.45, 2.75) is 17.7 Å². The van der Waals surface area contributed by atoms with Crippen molar-refractivity contribution in [3.8, 4) is 0 Å². The van der Waals surface area contributed by atoms with Crippen LogP contribution < -0.4 is 51.4 Å². The SMILES string of the molecule is O=S(=O)([O-])c1ccc2c3c(cccc13)CC2.[K+]. The predicted molar refractivity (Wildman–Crippen MR) is 59.3 cm³/mol. The van der Waals surface area contributed by atoms with Crippen LogP contribution in [0.3, 0.4) is 0 Å². The molecule has 0 N–H and O–H groups in total. The molecule has 0 unspecified atom stereocenters. The van der Waals surface area contributed by atoms with E-state index in [1.54, 1.807) is 18.2 Å². The van der Waals surface area contributed by atoms with Crippen LogP contribution in [0.1, 0.15) is 11.1 Å². The molecule has 0 bridgehead atoms. The molecule has 0 heterocycles. The van der Waals surface area contributed by atoms with Crippen molar-refractivity contribution in [1.82, 2.24) is 0 Å². The Hall–Kier alpha value is 0.246. The molecule has 82 valence electrons. The molecular formula is C12H9KO3S. The summed E-state index contributed by atoms with van der Waals surface area (Å²) in [6.07, 6.45) is 1.85. The van der Waals surface area contributed by atoms with E-state index in [4.69, 9.17) is 0 Å². The number of aryl methyl sites for hydroxylation is 2. The molecule has 17 heavy (non-hydrogen) atoms. The fourth-order valence-electron chi connectivity index (χ4n) is 2.44. The van der Waals surface area contributed by atoms with Crippen molar-refractivity contribution in [2.75, 3.05) is 0 Å². The average molecular weight is 272 g/mol. The molecule has 3 nitrogen and oxygen atoms in total. The quantitative estimate of drug-likeness (QED) is 0.486. The van der Waals surface area contributed by atoms with Crippen LogP contribution in [0, 0.1) is 0 Å². The summed E-state index contributed by atoms with van der Waals surface area (Å²) >= 11 is 0. The first kappa shape index (κ1) is 13.7. The first-order valence-corrected chi connectivity index (χ1v) is 6.47. The number of benzene rings is 2. The zero-order valence-corrected chi connectivity index (χ0v) is 13.4. The van der Waals surface area contributed by atoms with Gasteiger partial charge in [0.15, 0.2) is 0 Å². The third-order valence-corrected chi connectivity index (χ3v) is 4.00. The van der Waals surface area contributed by atoms with E-state index in [2.05, 4.69) is 0 Å². The van der Waals surface area contributed by atoms with Crippen LogP contribution in [0.4, 0.5) is 0 Å². The second-order valence-electron chi connectivity index (χ2n) is 4.02. The molecule has 0 atom stereocenters. The maximum absolute atomic E-state index is 11.1. The molecule has 0 saturated carbocycles. The van der Waals surface area contributed by atoms with E-state index in [1.807, 2.05) is 6.07 Å². The fraction of sp³-hybridized carbons (Fsp3) is 0.167. The Bertz CT molecular complexity index is 682. The van der Waals surface area contributed by atoms with Gasteiger partial charge in [0.05, 0.1) is 4.90 Å². The van der Waals surface area contributed by atoms with E-state index in [1.165, 1.54) is 6.07 Å². The van der Waals surface area contributed by atoms with Gasteiger partial charge in [0, 0.05) is 0 Å². The maximum Gasteiger partial charge on any atom is 1.00 e. The van der Waals surface area contributed by atoms with Gasteiger partial charge in [0.25, 0.3) is 0 Å². The molecule has 0 fully saturated rings. The summed E-state index contributed by atoms with van der Waals surface area (Å²) in [6, 6.07) is 8.68. The first-order chi connectivity index (χ1) is 7.57. The standard InChI is InChI=1S/C12H10O3S.K/c13-16(14,15)11-7-6-9-5-4-8-2-1-3-10(11)12(8)9;/h1-3,6-7H,4-5H2,(H,13,14,15);/q;+1/p-1. The van der Waals surface area contributed by atoms with E-state index >= 15 is 0 Å². The van der Waals surface area contributed by atoms with E-state index in [0.717, 1.165) is 29.4 Å².